The van der Waals surface area contributed by atoms with E-state index in [4.69, 9.17) is 16.6 Å². The Labute approximate surface area is 209 Å². The normalized spacial score (nSPS) is 19.3. The first-order chi connectivity index (χ1) is 17.1. The molecular weight excluding hydrogens is 478 g/mol. The summed E-state index contributed by atoms with van der Waals surface area (Å²) in [6, 6.07) is 23.0. The van der Waals surface area contributed by atoms with Crippen LogP contribution >= 0.6 is 22.9 Å². The van der Waals surface area contributed by atoms with E-state index in [2.05, 4.69) is 17.4 Å². The first-order valence-electron chi connectivity index (χ1n) is 11.4. The zero-order chi connectivity index (χ0) is 23.7. The lowest BCUT2D eigenvalue weighted by atomic mass is 9.83. The molecule has 1 unspecified atom stereocenters. The average Bonchev–Trinajstić information content (AvgIpc) is 3.38. The van der Waals surface area contributed by atoms with Crippen LogP contribution in [0.2, 0.25) is 5.02 Å². The Morgan fingerprint density at radius 2 is 1.66 bits per heavy atom. The Morgan fingerprint density at radius 3 is 2.51 bits per heavy atom. The number of halogens is 1. The number of nitrogens with one attached hydrogen (secondary N) is 1. The van der Waals surface area contributed by atoms with E-state index in [0.717, 1.165) is 40.8 Å². The van der Waals surface area contributed by atoms with Gasteiger partial charge in [-0.2, -0.15) is 0 Å². The number of amides is 1. The van der Waals surface area contributed by atoms with Gasteiger partial charge in [0, 0.05) is 21.8 Å². The second-order valence-corrected chi connectivity index (χ2v) is 10.2. The molecule has 0 spiro atoms. The van der Waals surface area contributed by atoms with Gasteiger partial charge in [0.15, 0.2) is 4.80 Å². The number of carbonyl (C=O) groups is 1. The fourth-order valence-corrected chi connectivity index (χ4v) is 6.72. The summed E-state index contributed by atoms with van der Waals surface area (Å²) >= 11 is 7.97. The van der Waals surface area contributed by atoms with Gasteiger partial charge in [-0.3, -0.25) is 14.2 Å². The number of thiazole rings is 1. The van der Waals surface area contributed by atoms with Gasteiger partial charge in [-0.05, 0) is 41.7 Å². The molecule has 7 rings (SSSR count). The maximum atomic E-state index is 14.0. The number of rotatable bonds is 1. The third-order valence-corrected chi connectivity index (χ3v) is 8.34. The van der Waals surface area contributed by atoms with Crippen molar-refractivity contribution >= 4 is 45.8 Å². The fraction of sp³-hybridized carbons (Fsp3) is 0.107. The molecule has 35 heavy (non-hydrogen) atoms. The summed E-state index contributed by atoms with van der Waals surface area (Å²) < 4.78 is 2.13. The number of benzene rings is 3. The molecule has 1 N–H and O–H groups in total. The smallest absolute Gasteiger partial charge is 0.271 e. The van der Waals surface area contributed by atoms with Gasteiger partial charge in [0.1, 0.15) is 4.53 Å². The minimum atomic E-state index is -0.377. The lowest BCUT2D eigenvalue weighted by Gasteiger charge is -2.31. The largest absolute Gasteiger partial charge is 0.321 e. The van der Waals surface area contributed by atoms with E-state index < -0.39 is 0 Å². The van der Waals surface area contributed by atoms with Crippen LogP contribution in [0.3, 0.4) is 0 Å². The average molecular weight is 496 g/mol. The summed E-state index contributed by atoms with van der Waals surface area (Å²) in [4.78, 5) is 32.6. The number of hydrogen-bond donors (Lipinski definition) is 1. The number of hydrogen-bond acceptors (Lipinski definition) is 4. The molecule has 5 nitrogen and oxygen atoms in total. The third kappa shape index (κ3) is 2.97. The van der Waals surface area contributed by atoms with Gasteiger partial charge >= 0.3 is 0 Å². The molecule has 0 bridgehead atoms. The van der Waals surface area contributed by atoms with Crippen LogP contribution in [0.15, 0.2) is 88.2 Å². The number of aromatic nitrogens is 1. The molecular formula is C28H18ClN3O2S. The third-order valence-electron chi connectivity index (χ3n) is 6.95. The molecule has 4 aromatic rings. The minimum absolute atomic E-state index is 0.217. The zero-order valence-corrected chi connectivity index (χ0v) is 20.0. The summed E-state index contributed by atoms with van der Waals surface area (Å²) in [7, 11) is 0. The quantitative estimate of drug-likeness (QED) is 0.428. The van der Waals surface area contributed by atoms with Crippen molar-refractivity contribution in [1.82, 2.24) is 4.57 Å². The van der Waals surface area contributed by atoms with Gasteiger partial charge in [0.2, 0.25) is 0 Å². The van der Waals surface area contributed by atoms with E-state index in [0.29, 0.717) is 25.6 Å². The maximum absolute atomic E-state index is 14.0. The van der Waals surface area contributed by atoms with E-state index in [1.165, 1.54) is 16.9 Å². The van der Waals surface area contributed by atoms with E-state index >= 15 is 0 Å². The van der Waals surface area contributed by atoms with Crippen LogP contribution in [-0.4, -0.2) is 10.5 Å². The Hall–Kier alpha value is -3.74. The van der Waals surface area contributed by atoms with Crippen LogP contribution in [0, 0.1) is 0 Å². The van der Waals surface area contributed by atoms with Gasteiger partial charge in [-0.15, -0.1) is 0 Å². The molecule has 0 radical (unpaired) electrons. The number of allylic oxidation sites excluding steroid dienone is 1. The predicted molar refractivity (Wildman–Crippen MR) is 138 cm³/mol. The topological polar surface area (TPSA) is 63.5 Å². The van der Waals surface area contributed by atoms with Gasteiger partial charge in [0.25, 0.3) is 11.5 Å². The molecule has 0 saturated heterocycles. The number of aryl methyl sites for hydroxylation is 1. The summed E-state index contributed by atoms with van der Waals surface area (Å²) in [5.74, 6) is -0.264. The monoisotopic (exact) mass is 495 g/mol. The minimum Gasteiger partial charge on any atom is -0.321 e. The summed E-state index contributed by atoms with van der Waals surface area (Å²) in [6.45, 7) is 0. The molecule has 3 aromatic carbocycles. The van der Waals surface area contributed by atoms with Crippen molar-refractivity contribution in [3.63, 3.8) is 0 Å². The van der Waals surface area contributed by atoms with Crippen molar-refractivity contribution in [3.05, 3.63) is 125 Å². The van der Waals surface area contributed by atoms with Crippen molar-refractivity contribution in [1.29, 1.82) is 0 Å². The molecule has 1 aliphatic carbocycles. The van der Waals surface area contributed by atoms with E-state index in [9.17, 15) is 9.59 Å². The van der Waals surface area contributed by atoms with Crippen LogP contribution in [-0.2, 0) is 11.2 Å². The second kappa shape index (κ2) is 7.63. The van der Waals surface area contributed by atoms with Crippen LogP contribution in [0.25, 0.3) is 11.3 Å². The van der Waals surface area contributed by atoms with Gasteiger partial charge in [0.05, 0.1) is 17.3 Å². The SMILES string of the molecule is O=C1Nc2ccccc2C1=c1sc2n(c1=O)C(c1ccccc1Cl)C1=C(N=2)c2ccccc2CC1. The molecule has 3 heterocycles. The standard InChI is InChI=1S/C28H18ClN3O2S/c29-20-11-5-3-9-17(20)24-19-14-13-15-7-1-2-8-16(15)23(19)31-28-32(24)27(34)25(35-28)22-18-10-4-6-12-21(18)30-26(22)33/h1-12,24H,13-14H2,(H,30,33). The highest BCUT2D eigenvalue weighted by Gasteiger charge is 2.35. The van der Waals surface area contributed by atoms with Crippen LogP contribution in [0.5, 0.6) is 0 Å². The molecule has 3 aliphatic rings. The fourth-order valence-electron chi connectivity index (χ4n) is 5.39. The van der Waals surface area contributed by atoms with Crippen LogP contribution in [0.4, 0.5) is 5.69 Å². The lowest BCUT2D eigenvalue weighted by Crippen LogP contribution is -2.39. The van der Waals surface area contributed by atoms with Crippen molar-refractivity contribution in [3.8, 4) is 0 Å². The molecule has 0 saturated carbocycles. The molecule has 1 amide bonds. The summed E-state index contributed by atoms with van der Waals surface area (Å²) in [5, 5.41) is 3.49. The lowest BCUT2D eigenvalue weighted by molar-refractivity contribution is -0.110. The molecule has 7 heteroatoms. The van der Waals surface area contributed by atoms with E-state index in [1.807, 2.05) is 60.7 Å². The summed E-state index contributed by atoms with van der Waals surface area (Å²) in [6.07, 6.45) is 1.66. The molecule has 1 atom stereocenters. The summed E-state index contributed by atoms with van der Waals surface area (Å²) in [5.41, 5.74) is 6.85. The number of anilines is 1. The number of nitrogens with zero attached hydrogens (tertiary/aromatic N) is 2. The van der Waals surface area contributed by atoms with Crippen molar-refractivity contribution in [2.45, 2.75) is 18.9 Å². The first kappa shape index (κ1) is 20.6. The molecule has 1 aromatic heterocycles. The highest BCUT2D eigenvalue weighted by Crippen LogP contribution is 2.42. The molecule has 170 valence electrons. The Balaban J connectivity index is 1.59. The van der Waals surface area contributed by atoms with E-state index in [-0.39, 0.29) is 17.5 Å². The predicted octanol–water partition coefficient (Wildman–Crippen LogP) is 4.29. The Bertz CT molecular complexity index is 1800. The van der Waals surface area contributed by atoms with Crippen molar-refractivity contribution < 1.29 is 4.79 Å². The van der Waals surface area contributed by atoms with E-state index in [1.54, 1.807) is 4.57 Å². The van der Waals surface area contributed by atoms with Crippen LogP contribution < -0.4 is 20.2 Å². The molecule has 2 aliphatic heterocycles. The maximum Gasteiger partial charge on any atom is 0.271 e. The number of para-hydroxylation sites is 1. The van der Waals surface area contributed by atoms with Crippen LogP contribution in [0.1, 0.15) is 34.7 Å². The van der Waals surface area contributed by atoms with Crippen molar-refractivity contribution in [2.75, 3.05) is 5.32 Å². The number of carbonyl (C=O) groups excluding carboxylic acids is 1. The number of fused-ring (bicyclic) bond motifs is 4. The highest BCUT2D eigenvalue weighted by atomic mass is 35.5. The van der Waals surface area contributed by atoms with Gasteiger partial charge in [-0.1, -0.05) is 83.6 Å². The Kier molecular flexibility index (Phi) is 4.50. The molecule has 0 fully saturated rings. The van der Waals surface area contributed by atoms with Gasteiger partial charge < -0.3 is 5.32 Å². The highest BCUT2D eigenvalue weighted by molar-refractivity contribution is 7.07. The van der Waals surface area contributed by atoms with Gasteiger partial charge in [-0.25, -0.2) is 4.99 Å². The Morgan fingerprint density at radius 1 is 0.914 bits per heavy atom. The zero-order valence-electron chi connectivity index (χ0n) is 18.4. The first-order valence-corrected chi connectivity index (χ1v) is 12.6. The van der Waals surface area contributed by atoms with Crippen molar-refractivity contribution in [2.24, 2.45) is 4.99 Å². The second-order valence-electron chi connectivity index (χ2n) is 8.83.